The topological polar surface area (TPSA) is 63.2 Å². The van der Waals surface area contributed by atoms with Gasteiger partial charge >= 0.3 is 0 Å². The first-order valence-electron chi connectivity index (χ1n) is 8.76. The van der Waals surface area contributed by atoms with Crippen LogP contribution in [0.4, 0.5) is 5.69 Å². The van der Waals surface area contributed by atoms with Crippen LogP contribution in [0.2, 0.25) is 5.02 Å². The van der Waals surface area contributed by atoms with Gasteiger partial charge in [0.15, 0.2) is 9.84 Å². The number of nitrogens with one attached hydrogen (secondary N) is 1. The second kappa shape index (κ2) is 6.98. The molecule has 138 valence electrons. The fourth-order valence-corrected chi connectivity index (χ4v) is 4.92. The molecule has 3 aromatic carbocycles. The van der Waals surface area contributed by atoms with Crippen LogP contribution in [0, 0.1) is 0 Å². The molecule has 1 aliphatic rings. The van der Waals surface area contributed by atoms with Gasteiger partial charge in [0.25, 0.3) is 0 Å². The summed E-state index contributed by atoms with van der Waals surface area (Å²) in [5.74, 6) is -0.562. The molecule has 4 rings (SSSR count). The van der Waals surface area contributed by atoms with Gasteiger partial charge in [-0.25, -0.2) is 8.42 Å². The van der Waals surface area contributed by atoms with Crippen molar-refractivity contribution in [1.82, 2.24) is 0 Å². The molecule has 0 saturated heterocycles. The van der Waals surface area contributed by atoms with Gasteiger partial charge in [-0.05, 0) is 59.7 Å². The molecule has 0 fully saturated rings. The van der Waals surface area contributed by atoms with Crippen LogP contribution >= 0.6 is 11.6 Å². The number of amides is 1. The third-order valence-corrected chi connectivity index (χ3v) is 6.91. The number of carbonyl (C=O) groups excluding carboxylic acids is 1. The SMILES string of the molecule is O=C(CCS(=O)(=O)c1ccc(Cl)cc1)Nc1ccc2c3c(cccc13)CC2. The lowest BCUT2D eigenvalue weighted by atomic mass is 10.0. The Morgan fingerprint density at radius 3 is 2.41 bits per heavy atom. The fraction of sp³-hybridized carbons (Fsp3) is 0.190. The molecule has 0 spiro atoms. The molecular formula is C21H18ClNO3S. The highest BCUT2D eigenvalue weighted by atomic mass is 35.5. The van der Waals surface area contributed by atoms with E-state index < -0.39 is 9.84 Å². The van der Waals surface area contributed by atoms with Crippen LogP contribution in [-0.2, 0) is 27.5 Å². The number of hydrogen-bond acceptors (Lipinski definition) is 3. The lowest BCUT2D eigenvalue weighted by Crippen LogP contribution is -2.17. The minimum atomic E-state index is -3.53. The first-order valence-corrected chi connectivity index (χ1v) is 10.8. The summed E-state index contributed by atoms with van der Waals surface area (Å²) in [5.41, 5.74) is 3.32. The number of rotatable bonds is 5. The van der Waals surface area contributed by atoms with E-state index in [0.29, 0.717) is 5.02 Å². The minimum absolute atomic E-state index is 0.103. The van der Waals surface area contributed by atoms with E-state index in [1.165, 1.54) is 40.8 Å². The van der Waals surface area contributed by atoms with Crippen molar-refractivity contribution in [3.63, 3.8) is 0 Å². The van der Waals surface area contributed by atoms with E-state index in [0.717, 1.165) is 23.9 Å². The predicted molar refractivity (Wildman–Crippen MR) is 108 cm³/mol. The van der Waals surface area contributed by atoms with Gasteiger partial charge in [0.1, 0.15) is 0 Å². The average molecular weight is 400 g/mol. The van der Waals surface area contributed by atoms with Crippen LogP contribution in [-0.4, -0.2) is 20.1 Å². The van der Waals surface area contributed by atoms with Gasteiger partial charge in [-0.1, -0.05) is 35.9 Å². The average Bonchev–Trinajstić information content (AvgIpc) is 3.08. The molecule has 4 nitrogen and oxygen atoms in total. The van der Waals surface area contributed by atoms with Crippen LogP contribution in [0.25, 0.3) is 10.8 Å². The Labute approximate surface area is 163 Å². The molecule has 3 aromatic rings. The van der Waals surface area contributed by atoms with Crippen LogP contribution in [0.5, 0.6) is 0 Å². The van der Waals surface area contributed by atoms with Gasteiger partial charge in [0, 0.05) is 22.5 Å². The van der Waals surface area contributed by atoms with E-state index in [2.05, 4.69) is 11.4 Å². The number of carbonyl (C=O) groups is 1. The summed E-state index contributed by atoms with van der Waals surface area (Å²) in [6.07, 6.45) is 1.93. The maximum Gasteiger partial charge on any atom is 0.225 e. The van der Waals surface area contributed by atoms with Gasteiger partial charge in [0.05, 0.1) is 10.6 Å². The zero-order valence-electron chi connectivity index (χ0n) is 14.5. The van der Waals surface area contributed by atoms with Crippen molar-refractivity contribution in [3.8, 4) is 0 Å². The Bertz CT molecular complexity index is 1130. The highest BCUT2D eigenvalue weighted by molar-refractivity contribution is 7.91. The molecule has 0 unspecified atom stereocenters. The Kier molecular flexibility index (Phi) is 4.66. The standard InChI is InChI=1S/C21H18ClNO3S/c22-16-7-9-17(10-8-16)27(25,26)13-12-20(24)23-19-11-6-15-5-4-14-2-1-3-18(19)21(14)15/h1-3,6-11H,4-5,12-13H2,(H,23,24). The van der Waals surface area contributed by atoms with E-state index >= 15 is 0 Å². The van der Waals surface area contributed by atoms with Crippen LogP contribution in [0.3, 0.4) is 0 Å². The summed E-state index contributed by atoms with van der Waals surface area (Å²) < 4.78 is 24.8. The number of aryl methyl sites for hydroxylation is 2. The van der Waals surface area contributed by atoms with Gasteiger partial charge in [-0.3, -0.25) is 4.79 Å². The Morgan fingerprint density at radius 1 is 0.963 bits per heavy atom. The van der Waals surface area contributed by atoms with E-state index in [1.807, 2.05) is 24.3 Å². The number of benzene rings is 3. The number of hydrogen-bond donors (Lipinski definition) is 1. The molecule has 0 saturated carbocycles. The van der Waals surface area contributed by atoms with Crippen LogP contribution in [0.1, 0.15) is 17.5 Å². The van der Waals surface area contributed by atoms with Crippen molar-refractivity contribution in [2.75, 3.05) is 11.1 Å². The van der Waals surface area contributed by atoms with E-state index in [9.17, 15) is 13.2 Å². The van der Waals surface area contributed by atoms with Crippen molar-refractivity contribution in [2.24, 2.45) is 0 Å². The predicted octanol–water partition coefficient (Wildman–Crippen LogP) is 4.39. The number of halogens is 1. The summed E-state index contributed by atoms with van der Waals surface area (Å²) in [6, 6.07) is 16.0. The van der Waals surface area contributed by atoms with Crippen molar-refractivity contribution in [3.05, 3.63) is 70.7 Å². The zero-order chi connectivity index (χ0) is 19.0. The first kappa shape index (κ1) is 18.0. The van der Waals surface area contributed by atoms with E-state index in [1.54, 1.807) is 0 Å². The Balaban J connectivity index is 1.49. The van der Waals surface area contributed by atoms with Crippen molar-refractivity contribution in [1.29, 1.82) is 0 Å². The largest absolute Gasteiger partial charge is 0.325 e. The molecule has 0 aromatic heterocycles. The highest BCUT2D eigenvalue weighted by Crippen LogP contribution is 2.35. The first-order chi connectivity index (χ1) is 12.9. The third-order valence-electron chi connectivity index (χ3n) is 4.92. The van der Waals surface area contributed by atoms with Crippen molar-refractivity contribution < 1.29 is 13.2 Å². The third kappa shape index (κ3) is 3.57. The molecule has 1 amide bonds. The molecular weight excluding hydrogens is 382 g/mol. The summed E-state index contributed by atoms with van der Waals surface area (Å²) in [4.78, 5) is 12.5. The Morgan fingerprint density at radius 2 is 1.67 bits per heavy atom. The second-order valence-corrected chi connectivity index (χ2v) is 9.23. The molecule has 1 N–H and O–H groups in total. The lowest BCUT2D eigenvalue weighted by molar-refractivity contribution is -0.115. The van der Waals surface area contributed by atoms with Gasteiger partial charge in [-0.15, -0.1) is 0 Å². The molecule has 0 atom stereocenters. The lowest BCUT2D eigenvalue weighted by Gasteiger charge is -2.11. The molecule has 1 aliphatic carbocycles. The smallest absolute Gasteiger partial charge is 0.225 e. The number of sulfone groups is 1. The molecule has 0 heterocycles. The fourth-order valence-electron chi connectivity index (χ4n) is 3.56. The molecule has 0 aliphatic heterocycles. The quantitative estimate of drug-likeness (QED) is 0.691. The van der Waals surface area contributed by atoms with Crippen LogP contribution < -0.4 is 5.32 Å². The summed E-state index contributed by atoms with van der Waals surface area (Å²) in [7, 11) is -3.53. The minimum Gasteiger partial charge on any atom is -0.325 e. The molecule has 6 heteroatoms. The van der Waals surface area contributed by atoms with E-state index in [-0.39, 0.29) is 23.0 Å². The second-order valence-electron chi connectivity index (χ2n) is 6.68. The maximum absolute atomic E-state index is 12.4. The van der Waals surface area contributed by atoms with Crippen LogP contribution in [0.15, 0.2) is 59.5 Å². The maximum atomic E-state index is 12.4. The van der Waals surface area contributed by atoms with Gasteiger partial charge in [0.2, 0.25) is 5.91 Å². The molecule has 0 bridgehead atoms. The summed E-state index contributed by atoms with van der Waals surface area (Å²) in [5, 5.41) is 5.57. The molecule has 0 radical (unpaired) electrons. The number of anilines is 1. The van der Waals surface area contributed by atoms with E-state index in [4.69, 9.17) is 11.6 Å². The van der Waals surface area contributed by atoms with Crippen molar-refractivity contribution in [2.45, 2.75) is 24.2 Å². The normalized spacial score (nSPS) is 13.1. The zero-order valence-corrected chi connectivity index (χ0v) is 16.1. The summed E-state index contributed by atoms with van der Waals surface area (Å²) in [6.45, 7) is 0. The monoisotopic (exact) mass is 399 g/mol. The van der Waals surface area contributed by atoms with Gasteiger partial charge in [-0.2, -0.15) is 0 Å². The van der Waals surface area contributed by atoms with Gasteiger partial charge < -0.3 is 5.32 Å². The Hall–Kier alpha value is -2.37. The highest BCUT2D eigenvalue weighted by Gasteiger charge is 2.19. The van der Waals surface area contributed by atoms with Crippen molar-refractivity contribution >= 4 is 43.8 Å². The summed E-state index contributed by atoms with van der Waals surface area (Å²) >= 11 is 5.79. The molecule has 27 heavy (non-hydrogen) atoms.